The van der Waals surface area contributed by atoms with Gasteiger partial charge in [0.2, 0.25) is 0 Å². The van der Waals surface area contributed by atoms with E-state index in [9.17, 15) is 0 Å². The minimum atomic E-state index is -0.401. The lowest BCUT2D eigenvalue weighted by atomic mass is 9.94. The van der Waals surface area contributed by atoms with Crippen LogP contribution < -0.4 is 5.32 Å². The average molecular weight is 187 g/mol. The van der Waals surface area contributed by atoms with Gasteiger partial charge in [-0.05, 0) is 13.0 Å². The van der Waals surface area contributed by atoms with Crippen LogP contribution in [0.25, 0.3) is 0 Å². The van der Waals surface area contributed by atoms with Crippen LogP contribution >= 0.6 is 11.6 Å². The molecule has 0 aromatic heterocycles. The fourth-order valence-electron chi connectivity index (χ4n) is 1.93. The van der Waals surface area contributed by atoms with Crippen molar-refractivity contribution in [3.8, 4) is 6.07 Å². The van der Waals surface area contributed by atoms with E-state index in [0.29, 0.717) is 5.92 Å². The van der Waals surface area contributed by atoms with E-state index in [4.69, 9.17) is 21.6 Å². The molecule has 2 aliphatic rings. The Morgan fingerprint density at radius 3 is 3.08 bits per heavy atom. The summed E-state index contributed by atoms with van der Waals surface area (Å²) in [7, 11) is 0. The number of fused-ring (bicyclic) bond motifs is 1. The number of hydrogen-bond donors (Lipinski definition) is 1. The van der Waals surface area contributed by atoms with Gasteiger partial charge in [-0.15, -0.1) is 11.6 Å². The van der Waals surface area contributed by atoms with Crippen LogP contribution in [0.5, 0.6) is 0 Å². The first-order valence-corrected chi connectivity index (χ1v) is 4.66. The van der Waals surface area contributed by atoms with E-state index in [2.05, 4.69) is 11.4 Å². The number of nitrogens with one attached hydrogen (secondary N) is 1. The van der Waals surface area contributed by atoms with Crippen LogP contribution in [0.2, 0.25) is 0 Å². The van der Waals surface area contributed by atoms with Gasteiger partial charge in [-0.2, -0.15) is 5.26 Å². The highest BCUT2D eigenvalue weighted by Crippen LogP contribution is 2.33. The first-order chi connectivity index (χ1) is 5.83. The molecule has 4 heteroatoms. The average Bonchev–Trinajstić information content (AvgIpc) is 2.44. The standard InChI is InChI=1S/C8H11ClN2O/c9-8-5-4-11-2-1-6(5)12-7(8)3-10/h5-8,11H,1-2,4H2. The van der Waals surface area contributed by atoms with Crippen LogP contribution in [0, 0.1) is 17.2 Å². The van der Waals surface area contributed by atoms with Crippen LogP contribution in [0.15, 0.2) is 0 Å². The van der Waals surface area contributed by atoms with Gasteiger partial charge >= 0.3 is 0 Å². The van der Waals surface area contributed by atoms with E-state index in [1.165, 1.54) is 0 Å². The van der Waals surface area contributed by atoms with Crippen molar-refractivity contribution in [2.45, 2.75) is 24.0 Å². The molecule has 2 fully saturated rings. The Hall–Kier alpha value is -0.300. The molecular weight excluding hydrogens is 176 g/mol. The van der Waals surface area contributed by atoms with Crippen molar-refractivity contribution in [3.63, 3.8) is 0 Å². The summed E-state index contributed by atoms with van der Waals surface area (Å²) in [5.41, 5.74) is 0. The summed E-state index contributed by atoms with van der Waals surface area (Å²) in [5.74, 6) is 0.324. The van der Waals surface area contributed by atoms with Crippen molar-refractivity contribution < 1.29 is 4.74 Å². The summed E-state index contributed by atoms with van der Waals surface area (Å²) in [5, 5.41) is 11.8. The van der Waals surface area contributed by atoms with Crippen molar-refractivity contribution in [1.82, 2.24) is 5.32 Å². The smallest absolute Gasteiger partial charge is 0.161 e. The normalized spacial score (nSPS) is 46.7. The minimum Gasteiger partial charge on any atom is -0.358 e. The molecule has 0 aromatic carbocycles. The lowest BCUT2D eigenvalue weighted by Crippen LogP contribution is -2.40. The number of hydrogen-bond acceptors (Lipinski definition) is 3. The predicted octanol–water partition coefficient (Wildman–Crippen LogP) is 0.494. The lowest BCUT2D eigenvalue weighted by Gasteiger charge is -2.25. The number of piperidine rings is 1. The molecule has 0 aromatic rings. The molecule has 2 heterocycles. The lowest BCUT2D eigenvalue weighted by molar-refractivity contribution is 0.0458. The fourth-order valence-corrected chi connectivity index (χ4v) is 2.30. The number of rotatable bonds is 0. The van der Waals surface area contributed by atoms with E-state index in [1.54, 1.807) is 0 Å². The third-order valence-corrected chi connectivity index (χ3v) is 3.16. The van der Waals surface area contributed by atoms with E-state index >= 15 is 0 Å². The number of ether oxygens (including phenoxy) is 1. The Morgan fingerprint density at radius 2 is 2.42 bits per heavy atom. The molecule has 4 atom stereocenters. The van der Waals surface area contributed by atoms with Gasteiger partial charge in [-0.25, -0.2) is 0 Å². The molecule has 2 rings (SSSR count). The molecule has 2 saturated heterocycles. The molecule has 0 bridgehead atoms. The van der Waals surface area contributed by atoms with E-state index in [0.717, 1.165) is 19.5 Å². The first-order valence-electron chi connectivity index (χ1n) is 4.23. The number of halogens is 1. The molecular formula is C8H11ClN2O. The summed E-state index contributed by atoms with van der Waals surface area (Å²) >= 11 is 6.06. The molecule has 1 N–H and O–H groups in total. The van der Waals surface area contributed by atoms with Gasteiger partial charge in [0.1, 0.15) is 0 Å². The third-order valence-electron chi connectivity index (χ3n) is 2.61. The SMILES string of the molecule is N#CC1OC2CCNCC2C1Cl. The van der Waals surface area contributed by atoms with Crippen molar-refractivity contribution in [2.24, 2.45) is 5.92 Å². The molecule has 0 spiro atoms. The maximum Gasteiger partial charge on any atom is 0.161 e. The summed E-state index contributed by atoms with van der Waals surface area (Å²) in [4.78, 5) is 0. The van der Waals surface area contributed by atoms with Gasteiger partial charge in [0.25, 0.3) is 0 Å². The number of alkyl halides is 1. The molecule has 12 heavy (non-hydrogen) atoms. The molecule has 0 amide bonds. The highest BCUT2D eigenvalue weighted by Gasteiger charge is 2.44. The maximum atomic E-state index is 8.70. The zero-order valence-electron chi connectivity index (χ0n) is 6.66. The Balaban J connectivity index is 2.09. The second-order valence-electron chi connectivity index (χ2n) is 3.33. The molecule has 2 aliphatic heterocycles. The Kier molecular flexibility index (Phi) is 2.22. The Bertz CT molecular complexity index is 216. The number of nitrogens with zero attached hydrogens (tertiary/aromatic N) is 1. The summed E-state index contributed by atoms with van der Waals surface area (Å²) < 4.78 is 5.49. The molecule has 4 unspecified atom stereocenters. The van der Waals surface area contributed by atoms with Crippen LogP contribution in [-0.2, 0) is 4.74 Å². The third kappa shape index (κ3) is 1.20. The molecule has 0 aliphatic carbocycles. The highest BCUT2D eigenvalue weighted by atomic mass is 35.5. The zero-order valence-corrected chi connectivity index (χ0v) is 7.42. The second kappa shape index (κ2) is 3.21. The quantitative estimate of drug-likeness (QED) is 0.561. The highest BCUT2D eigenvalue weighted by molar-refractivity contribution is 6.21. The van der Waals surface area contributed by atoms with Gasteiger partial charge in [0, 0.05) is 12.5 Å². The minimum absolute atomic E-state index is 0.132. The summed E-state index contributed by atoms with van der Waals surface area (Å²) in [6.07, 6.45) is 0.784. The maximum absolute atomic E-state index is 8.70. The summed E-state index contributed by atoms with van der Waals surface area (Å²) in [6, 6.07) is 2.09. The Labute approximate surface area is 76.6 Å². The van der Waals surface area contributed by atoms with E-state index in [-0.39, 0.29) is 11.5 Å². The summed E-state index contributed by atoms with van der Waals surface area (Å²) in [6.45, 7) is 1.86. The number of nitriles is 1. The fraction of sp³-hybridized carbons (Fsp3) is 0.875. The van der Waals surface area contributed by atoms with Gasteiger partial charge < -0.3 is 10.1 Å². The van der Waals surface area contributed by atoms with Gasteiger partial charge in [-0.3, -0.25) is 0 Å². The van der Waals surface area contributed by atoms with Crippen molar-refractivity contribution in [2.75, 3.05) is 13.1 Å². The van der Waals surface area contributed by atoms with Crippen LogP contribution in [0.3, 0.4) is 0 Å². The van der Waals surface area contributed by atoms with Crippen LogP contribution in [0.1, 0.15) is 6.42 Å². The topological polar surface area (TPSA) is 45.0 Å². The van der Waals surface area contributed by atoms with Gasteiger partial charge in [0.15, 0.2) is 6.10 Å². The molecule has 66 valence electrons. The van der Waals surface area contributed by atoms with Crippen molar-refractivity contribution in [3.05, 3.63) is 0 Å². The predicted molar refractivity (Wildman–Crippen MR) is 44.9 cm³/mol. The van der Waals surface area contributed by atoms with Gasteiger partial charge in [-0.1, -0.05) is 0 Å². The largest absolute Gasteiger partial charge is 0.358 e. The Morgan fingerprint density at radius 1 is 1.58 bits per heavy atom. The van der Waals surface area contributed by atoms with E-state index in [1.807, 2.05) is 0 Å². The molecule has 0 radical (unpaired) electrons. The van der Waals surface area contributed by atoms with E-state index < -0.39 is 6.10 Å². The monoisotopic (exact) mass is 186 g/mol. The second-order valence-corrected chi connectivity index (χ2v) is 3.83. The zero-order chi connectivity index (χ0) is 8.55. The van der Waals surface area contributed by atoms with Crippen molar-refractivity contribution >= 4 is 11.6 Å². The van der Waals surface area contributed by atoms with Crippen LogP contribution in [0.4, 0.5) is 0 Å². The first kappa shape index (κ1) is 8.31. The van der Waals surface area contributed by atoms with Crippen molar-refractivity contribution in [1.29, 1.82) is 5.26 Å². The molecule has 0 saturated carbocycles. The molecule has 3 nitrogen and oxygen atoms in total. The van der Waals surface area contributed by atoms with Gasteiger partial charge in [0.05, 0.1) is 17.6 Å². The van der Waals surface area contributed by atoms with Crippen LogP contribution in [-0.4, -0.2) is 30.7 Å².